The molecule has 2 aromatic heterocycles. The van der Waals surface area contributed by atoms with E-state index in [9.17, 15) is 4.79 Å². The molecular weight excluding hydrogens is 182 g/mol. The van der Waals surface area contributed by atoms with Crippen LogP contribution in [0.4, 0.5) is 10.5 Å². The molecule has 0 atom stereocenters. The molecular formula is C8H7N5O. The lowest BCUT2D eigenvalue weighted by molar-refractivity contribution is 0.251. The molecule has 1 amide bonds. The maximum absolute atomic E-state index is 11.4. The number of rotatable bonds is 1. The number of nitrogens with zero attached hydrogens (tertiary/aromatic N) is 4. The number of carbonyl (C=O) groups excluding carboxylic acids is 1. The van der Waals surface area contributed by atoms with Crippen LogP contribution in [0.15, 0.2) is 37.2 Å². The number of hydrogen-bond acceptors (Lipinski definition) is 4. The SMILES string of the molecule is O=C(Nc1cccnc1)n1cncn1. The summed E-state index contributed by atoms with van der Waals surface area (Å²) < 4.78 is 1.10. The molecule has 0 aromatic carbocycles. The van der Waals surface area contributed by atoms with Crippen molar-refractivity contribution in [3.8, 4) is 0 Å². The first-order valence-corrected chi connectivity index (χ1v) is 3.92. The molecule has 0 aliphatic carbocycles. The molecule has 0 bridgehead atoms. The lowest BCUT2D eigenvalue weighted by Gasteiger charge is -2.02. The van der Waals surface area contributed by atoms with Crippen LogP contribution < -0.4 is 5.32 Å². The van der Waals surface area contributed by atoms with E-state index in [0.29, 0.717) is 5.69 Å². The molecule has 0 saturated carbocycles. The minimum atomic E-state index is -0.365. The summed E-state index contributed by atoms with van der Waals surface area (Å²) in [6.45, 7) is 0. The third-order valence-electron chi connectivity index (χ3n) is 1.54. The Morgan fingerprint density at radius 3 is 3.00 bits per heavy atom. The van der Waals surface area contributed by atoms with Gasteiger partial charge in [-0.15, -0.1) is 0 Å². The van der Waals surface area contributed by atoms with Crippen molar-refractivity contribution in [2.24, 2.45) is 0 Å². The summed E-state index contributed by atoms with van der Waals surface area (Å²) in [6.07, 6.45) is 5.80. The van der Waals surface area contributed by atoms with E-state index < -0.39 is 0 Å². The first-order chi connectivity index (χ1) is 6.86. The fraction of sp³-hybridized carbons (Fsp3) is 0. The Labute approximate surface area is 79.6 Å². The van der Waals surface area contributed by atoms with Crippen molar-refractivity contribution in [2.75, 3.05) is 5.32 Å². The predicted octanol–water partition coefficient (Wildman–Crippen LogP) is 0.753. The number of anilines is 1. The smallest absolute Gasteiger partial charge is 0.305 e. The molecule has 70 valence electrons. The Bertz CT molecular complexity index is 411. The van der Waals surface area contributed by atoms with Gasteiger partial charge in [-0.1, -0.05) is 0 Å². The van der Waals surface area contributed by atoms with Gasteiger partial charge in [0.2, 0.25) is 0 Å². The van der Waals surface area contributed by atoms with Crippen LogP contribution in [0, 0.1) is 0 Å². The second-order valence-electron chi connectivity index (χ2n) is 2.51. The van der Waals surface area contributed by atoms with Crippen molar-refractivity contribution in [1.82, 2.24) is 19.7 Å². The second kappa shape index (κ2) is 3.65. The van der Waals surface area contributed by atoms with Crippen molar-refractivity contribution in [1.29, 1.82) is 0 Å². The second-order valence-corrected chi connectivity index (χ2v) is 2.51. The number of pyridine rings is 1. The molecule has 0 aliphatic rings. The van der Waals surface area contributed by atoms with Gasteiger partial charge in [0.1, 0.15) is 12.7 Å². The van der Waals surface area contributed by atoms with Gasteiger partial charge in [-0.05, 0) is 12.1 Å². The summed E-state index contributed by atoms with van der Waals surface area (Å²) in [5.41, 5.74) is 0.619. The first kappa shape index (κ1) is 8.36. The van der Waals surface area contributed by atoms with Crippen molar-refractivity contribution in [2.45, 2.75) is 0 Å². The third-order valence-corrected chi connectivity index (χ3v) is 1.54. The van der Waals surface area contributed by atoms with Gasteiger partial charge in [0, 0.05) is 6.20 Å². The molecule has 0 radical (unpaired) electrons. The van der Waals surface area contributed by atoms with E-state index in [2.05, 4.69) is 20.4 Å². The fourth-order valence-corrected chi connectivity index (χ4v) is 0.931. The summed E-state index contributed by atoms with van der Waals surface area (Å²) in [7, 11) is 0. The first-order valence-electron chi connectivity index (χ1n) is 3.92. The van der Waals surface area contributed by atoms with Crippen molar-refractivity contribution < 1.29 is 4.79 Å². The highest BCUT2D eigenvalue weighted by atomic mass is 16.2. The lowest BCUT2D eigenvalue weighted by atomic mass is 10.4. The van der Waals surface area contributed by atoms with Gasteiger partial charge in [-0.25, -0.2) is 9.78 Å². The van der Waals surface area contributed by atoms with E-state index in [-0.39, 0.29) is 6.03 Å². The van der Waals surface area contributed by atoms with Crippen LogP contribution in [0.25, 0.3) is 0 Å². The standard InChI is InChI=1S/C8H7N5O/c14-8(13-6-10-5-11-13)12-7-2-1-3-9-4-7/h1-6H,(H,12,14). The average Bonchev–Trinajstić information content (AvgIpc) is 2.72. The van der Waals surface area contributed by atoms with Crippen LogP contribution in [0.5, 0.6) is 0 Å². The number of hydrogen-bond donors (Lipinski definition) is 1. The molecule has 6 heteroatoms. The maximum atomic E-state index is 11.4. The van der Waals surface area contributed by atoms with E-state index in [0.717, 1.165) is 4.68 Å². The monoisotopic (exact) mass is 189 g/mol. The average molecular weight is 189 g/mol. The minimum absolute atomic E-state index is 0.365. The van der Waals surface area contributed by atoms with E-state index in [1.165, 1.54) is 12.7 Å². The Kier molecular flexibility index (Phi) is 2.18. The number of aromatic nitrogens is 4. The summed E-state index contributed by atoms with van der Waals surface area (Å²) in [5, 5.41) is 6.29. The molecule has 2 heterocycles. The largest absolute Gasteiger partial charge is 0.348 e. The highest BCUT2D eigenvalue weighted by molar-refractivity contribution is 5.89. The van der Waals surface area contributed by atoms with E-state index in [1.54, 1.807) is 24.5 Å². The summed E-state index contributed by atoms with van der Waals surface area (Å²) >= 11 is 0. The Balaban J connectivity index is 2.10. The van der Waals surface area contributed by atoms with Crippen LogP contribution in [-0.4, -0.2) is 25.8 Å². The van der Waals surface area contributed by atoms with Gasteiger partial charge in [-0.3, -0.25) is 4.98 Å². The van der Waals surface area contributed by atoms with Gasteiger partial charge >= 0.3 is 6.03 Å². The predicted molar refractivity (Wildman–Crippen MR) is 48.7 cm³/mol. The summed E-state index contributed by atoms with van der Waals surface area (Å²) in [4.78, 5) is 18.9. The van der Waals surface area contributed by atoms with Crippen LogP contribution in [0.3, 0.4) is 0 Å². The van der Waals surface area contributed by atoms with Crippen LogP contribution in [-0.2, 0) is 0 Å². The molecule has 0 aliphatic heterocycles. The number of nitrogens with one attached hydrogen (secondary N) is 1. The summed E-state index contributed by atoms with van der Waals surface area (Å²) in [5.74, 6) is 0. The van der Waals surface area contributed by atoms with Gasteiger partial charge in [0.05, 0.1) is 11.9 Å². The van der Waals surface area contributed by atoms with E-state index in [1.807, 2.05) is 0 Å². The Morgan fingerprint density at radius 2 is 2.36 bits per heavy atom. The molecule has 0 saturated heterocycles. The molecule has 1 N–H and O–H groups in total. The fourth-order valence-electron chi connectivity index (χ4n) is 0.931. The Hall–Kier alpha value is -2.24. The molecule has 6 nitrogen and oxygen atoms in total. The van der Waals surface area contributed by atoms with Crippen LogP contribution >= 0.6 is 0 Å². The topological polar surface area (TPSA) is 72.7 Å². The minimum Gasteiger partial charge on any atom is -0.305 e. The third kappa shape index (κ3) is 1.74. The highest BCUT2D eigenvalue weighted by Crippen LogP contribution is 2.02. The van der Waals surface area contributed by atoms with Crippen LogP contribution in [0.2, 0.25) is 0 Å². The molecule has 2 aromatic rings. The van der Waals surface area contributed by atoms with Gasteiger partial charge in [0.25, 0.3) is 0 Å². The van der Waals surface area contributed by atoms with Crippen molar-refractivity contribution in [3.05, 3.63) is 37.2 Å². The molecule has 2 rings (SSSR count). The summed E-state index contributed by atoms with van der Waals surface area (Å²) in [6, 6.07) is 3.11. The molecule has 14 heavy (non-hydrogen) atoms. The quantitative estimate of drug-likeness (QED) is 0.718. The van der Waals surface area contributed by atoms with Gasteiger partial charge in [-0.2, -0.15) is 9.78 Å². The van der Waals surface area contributed by atoms with Crippen molar-refractivity contribution >= 4 is 11.7 Å². The van der Waals surface area contributed by atoms with Gasteiger partial charge < -0.3 is 5.32 Å². The number of amides is 1. The molecule has 0 spiro atoms. The molecule has 0 unspecified atom stereocenters. The van der Waals surface area contributed by atoms with Crippen molar-refractivity contribution in [3.63, 3.8) is 0 Å². The lowest BCUT2D eigenvalue weighted by Crippen LogP contribution is -2.19. The Morgan fingerprint density at radius 1 is 1.43 bits per heavy atom. The maximum Gasteiger partial charge on any atom is 0.348 e. The normalized spacial score (nSPS) is 9.71. The van der Waals surface area contributed by atoms with E-state index >= 15 is 0 Å². The zero-order valence-electron chi connectivity index (χ0n) is 7.16. The van der Waals surface area contributed by atoms with Crippen LogP contribution in [0.1, 0.15) is 0 Å². The zero-order chi connectivity index (χ0) is 9.80. The molecule has 0 fully saturated rings. The van der Waals surface area contributed by atoms with Gasteiger partial charge in [0.15, 0.2) is 0 Å². The highest BCUT2D eigenvalue weighted by Gasteiger charge is 2.03. The number of carbonyl (C=O) groups is 1. The zero-order valence-corrected chi connectivity index (χ0v) is 7.16. The van der Waals surface area contributed by atoms with E-state index in [4.69, 9.17) is 0 Å².